The fourth-order valence-corrected chi connectivity index (χ4v) is 7.20. The van der Waals surface area contributed by atoms with Crippen LogP contribution >= 0.6 is 0 Å². The van der Waals surface area contributed by atoms with Crippen LogP contribution in [-0.2, 0) is 26.0 Å². The Morgan fingerprint density at radius 1 is 0.875 bits per heavy atom. The number of amides is 1. The molecule has 8 nitrogen and oxygen atoms in total. The molecule has 1 aliphatic carbocycles. The minimum atomic E-state index is -5.21. The number of sulfonamides is 1. The first kappa shape index (κ1) is 30.1. The van der Waals surface area contributed by atoms with E-state index in [1.54, 1.807) is 0 Å². The molecular weight excluding hydrogens is 590 g/mol. The monoisotopic (exact) mass is 614 g/mol. The Morgan fingerprint density at radius 2 is 1.48 bits per heavy atom. The number of nitrogens with zero attached hydrogens (tertiary/aromatic N) is 2. The molecule has 0 aromatic heterocycles. The van der Waals surface area contributed by atoms with Crippen LogP contribution in [0, 0.1) is 0 Å². The maximum atomic E-state index is 13.4. The van der Waals surface area contributed by atoms with E-state index in [9.17, 15) is 48.0 Å². The summed E-state index contributed by atoms with van der Waals surface area (Å²) in [5, 5.41) is 0. The SMILES string of the molecule is CS(=O)(=O)c1ccc(C(=O)N2CCC(N(C3CC3)S(=O)(=O)c3cccc(C(F)(F)F)c3)CC2)c(OC(F)(F)F)c1. The van der Waals surface area contributed by atoms with Crippen molar-refractivity contribution in [1.29, 1.82) is 0 Å². The number of hydrogen-bond acceptors (Lipinski definition) is 6. The zero-order valence-electron chi connectivity index (χ0n) is 20.9. The summed E-state index contributed by atoms with van der Waals surface area (Å²) in [6.07, 6.45) is -7.97. The number of piperidine rings is 1. The number of sulfone groups is 1. The molecule has 220 valence electrons. The molecule has 16 heteroatoms. The van der Waals surface area contributed by atoms with E-state index < -0.39 is 77.1 Å². The van der Waals surface area contributed by atoms with E-state index in [1.165, 1.54) is 9.21 Å². The van der Waals surface area contributed by atoms with E-state index in [0.717, 1.165) is 36.6 Å². The van der Waals surface area contributed by atoms with Gasteiger partial charge in [-0.15, -0.1) is 13.2 Å². The molecule has 0 N–H and O–H groups in total. The summed E-state index contributed by atoms with van der Waals surface area (Å²) >= 11 is 0. The van der Waals surface area contributed by atoms with Gasteiger partial charge in [-0.2, -0.15) is 17.5 Å². The number of hydrogen-bond donors (Lipinski definition) is 0. The third kappa shape index (κ3) is 6.71. The predicted molar refractivity (Wildman–Crippen MR) is 129 cm³/mol. The van der Waals surface area contributed by atoms with Crippen molar-refractivity contribution in [3.8, 4) is 5.75 Å². The van der Waals surface area contributed by atoms with Crippen LogP contribution in [0.1, 0.15) is 41.6 Å². The van der Waals surface area contributed by atoms with Crippen LogP contribution in [-0.4, -0.2) is 69.7 Å². The van der Waals surface area contributed by atoms with Crippen LogP contribution in [0.4, 0.5) is 26.3 Å². The number of likely N-dealkylation sites (tertiary alicyclic amines) is 1. The lowest BCUT2D eigenvalue weighted by atomic mass is 10.0. The first-order valence-electron chi connectivity index (χ1n) is 12.0. The molecule has 4 rings (SSSR count). The van der Waals surface area contributed by atoms with Gasteiger partial charge in [0.2, 0.25) is 10.0 Å². The van der Waals surface area contributed by atoms with Crippen molar-refractivity contribution in [3.63, 3.8) is 0 Å². The van der Waals surface area contributed by atoms with E-state index >= 15 is 0 Å². The number of ether oxygens (including phenoxy) is 1. The lowest BCUT2D eigenvalue weighted by Crippen LogP contribution is -2.49. The fraction of sp³-hybridized carbons (Fsp3) is 0.458. The second-order valence-corrected chi connectivity index (χ2v) is 13.5. The van der Waals surface area contributed by atoms with E-state index in [4.69, 9.17) is 0 Å². The van der Waals surface area contributed by atoms with E-state index in [0.29, 0.717) is 25.0 Å². The van der Waals surface area contributed by atoms with Gasteiger partial charge < -0.3 is 9.64 Å². The normalized spacial score (nSPS) is 17.8. The standard InChI is InChI=1S/C24H24F6N2O6S2/c1-39(34,35)18-7-8-20(21(14-18)38-24(28,29)30)22(33)31-11-9-17(10-12-31)32(16-5-6-16)40(36,37)19-4-2-3-15(13-19)23(25,26)27/h2-4,7-8,13-14,16-17H,5-6,9-12H2,1H3. The second kappa shape index (κ2) is 10.5. The van der Waals surface area contributed by atoms with Crippen LogP contribution in [0.5, 0.6) is 5.75 Å². The molecule has 2 aromatic rings. The van der Waals surface area contributed by atoms with Gasteiger partial charge in [0.15, 0.2) is 9.84 Å². The molecule has 40 heavy (non-hydrogen) atoms. The lowest BCUT2D eigenvalue weighted by molar-refractivity contribution is -0.274. The van der Waals surface area contributed by atoms with Gasteiger partial charge in [-0.25, -0.2) is 16.8 Å². The van der Waals surface area contributed by atoms with E-state index in [2.05, 4.69) is 4.74 Å². The third-order valence-electron chi connectivity index (χ3n) is 6.59. The highest BCUT2D eigenvalue weighted by molar-refractivity contribution is 7.90. The second-order valence-electron chi connectivity index (χ2n) is 9.59. The molecule has 1 saturated heterocycles. The number of halogens is 6. The molecular formula is C24H24F6N2O6S2. The molecule has 0 bridgehead atoms. The Hall–Kier alpha value is -2.85. The van der Waals surface area contributed by atoms with E-state index in [1.807, 2.05) is 0 Å². The Labute approximate surface area is 226 Å². The Balaban J connectivity index is 1.55. The summed E-state index contributed by atoms with van der Waals surface area (Å²) in [6, 6.07) is 4.87. The molecule has 1 heterocycles. The van der Waals surface area contributed by atoms with Crippen molar-refractivity contribution < 1.29 is 52.7 Å². The van der Waals surface area contributed by atoms with Gasteiger partial charge >= 0.3 is 12.5 Å². The highest BCUT2D eigenvalue weighted by atomic mass is 32.2. The van der Waals surface area contributed by atoms with Crippen molar-refractivity contribution in [2.24, 2.45) is 0 Å². The highest BCUT2D eigenvalue weighted by Crippen LogP contribution is 2.39. The van der Waals surface area contributed by atoms with E-state index in [-0.39, 0.29) is 25.9 Å². The molecule has 2 fully saturated rings. The van der Waals surface area contributed by atoms with Gasteiger partial charge in [0.1, 0.15) is 5.75 Å². The van der Waals surface area contributed by atoms with Crippen molar-refractivity contribution in [2.45, 2.75) is 60.1 Å². The van der Waals surface area contributed by atoms with Crippen molar-refractivity contribution >= 4 is 25.8 Å². The largest absolute Gasteiger partial charge is 0.573 e. The van der Waals surface area contributed by atoms with Crippen molar-refractivity contribution in [1.82, 2.24) is 9.21 Å². The number of rotatable bonds is 7. The number of carbonyl (C=O) groups is 1. The van der Waals surface area contributed by atoms with Gasteiger partial charge in [-0.1, -0.05) is 6.07 Å². The first-order valence-corrected chi connectivity index (χ1v) is 15.3. The van der Waals surface area contributed by atoms with Gasteiger partial charge in [-0.05, 0) is 62.1 Å². The van der Waals surface area contributed by atoms with Gasteiger partial charge in [0, 0.05) is 31.4 Å². The number of carbonyl (C=O) groups excluding carboxylic acids is 1. The predicted octanol–water partition coefficient (Wildman–Crippen LogP) is 4.47. The van der Waals surface area contributed by atoms with Crippen molar-refractivity contribution in [2.75, 3.05) is 19.3 Å². The molecule has 2 aromatic carbocycles. The van der Waals surface area contributed by atoms with Crippen LogP contribution in [0.3, 0.4) is 0 Å². The van der Waals surface area contributed by atoms with Crippen LogP contribution in [0.2, 0.25) is 0 Å². The first-order chi connectivity index (χ1) is 18.4. The van der Waals surface area contributed by atoms with Crippen molar-refractivity contribution in [3.05, 3.63) is 53.6 Å². The minimum absolute atomic E-state index is 0.0654. The number of benzene rings is 2. The number of alkyl halides is 6. The molecule has 1 saturated carbocycles. The maximum absolute atomic E-state index is 13.4. The molecule has 0 spiro atoms. The van der Waals surface area contributed by atoms with Gasteiger partial charge in [0.25, 0.3) is 5.91 Å². The van der Waals surface area contributed by atoms with Gasteiger partial charge in [-0.3, -0.25) is 4.79 Å². The summed E-state index contributed by atoms with van der Waals surface area (Å²) in [5.74, 6) is -1.87. The lowest BCUT2D eigenvalue weighted by Gasteiger charge is -2.38. The zero-order chi connectivity index (χ0) is 29.7. The zero-order valence-corrected chi connectivity index (χ0v) is 22.5. The minimum Gasteiger partial charge on any atom is -0.405 e. The Morgan fingerprint density at radius 3 is 2.00 bits per heavy atom. The molecule has 1 amide bonds. The van der Waals surface area contributed by atoms with Crippen LogP contribution < -0.4 is 4.74 Å². The maximum Gasteiger partial charge on any atom is 0.573 e. The van der Waals surface area contributed by atoms with Crippen LogP contribution in [0.15, 0.2) is 52.3 Å². The summed E-state index contributed by atoms with van der Waals surface area (Å²) in [7, 11) is -8.24. The Kier molecular flexibility index (Phi) is 7.92. The smallest absolute Gasteiger partial charge is 0.405 e. The quantitative estimate of drug-likeness (QED) is 0.427. The topological polar surface area (TPSA) is 101 Å². The Bertz CT molecular complexity index is 1500. The summed E-state index contributed by atoms with van der Waals surface area (Å²) in [6.45, 7) is -0.131. The molecule has 1 aliphatic heterocycles. The molecule has 0 radical (unpaired) electrons. The highest BCUT2D eigenvalue weighted by Gasteiger charge is 2.45. The summed E-state index contributed by atoms with van der Waals surface area (Å²) < 4.78 is 134. The van der Waals surface area contributed by atoms with Gasteiger partial charge in [0.05, 0.1) is 20.9 Å². The third-order valence-corrected chi connectivity index (χ3v) is 9.70. The molecule has 2 aliphatic rings. The average Bonchev–Trinajstić information content (AvgIpc) is 3.67. The summed E-state index contributed by atoms with van der Waals surface area (Å²) in [4.78, 5) is 13.3. The fourth-order valence-electron chi connectivity index (χ4n) is 4.59. The summed E-state index contributed by atoms with van der Waals surface area (Å²) in [5.41, 5.74) is -1.64. The molecule has 0 atom stereocenters. The van der Waals surface area contributed by atoms with Crippen LogP contribution in [0.25, 0.3) is 0 Å². The average molecular weight is 615 g/mol. The molecule has 0 unspecified atom stereocenters.